The lowest BCUT2D eigenvalue weighted by atomic mass is 10.1. The predicted molar refractivity (Wildman–Crippen MR) is 121 cm³/mol. The minimum atomic E-state index is -0.268. The van der Waals surface area contributed by atoms with E-state index >= 15 is 0 Å². The highest BCUT2D eigenvalue weighted by atomic mass is 16.1. The van der Waals surface area contributed by atoms with Crippen LogP contribution in [0.1, 0.15) is 10.4 Å². The molecule has 0 spiro atoms. The fraction of sp³-hybridized carbons (Fsp3) is 0.227. The van der Waals surface area contributed by atoms with Gasteiger partial charge in [0.2, 0.25) is 0 Å². The van der Waals surface area contributed by atoms with Crippen molar-refractivity contribution in [2.75, 3.05) is 37.8 Å². The van der Waals surface area contributed by atoms with E-state index in [2.05, 4.69) is 35.8 Å². The second-order valence-corrected chi connectivity index (χ2v) is 7.48. The van der Waals surface area contributed by atoms with Crippen LogP contribution < -0.4 is 10.6 Å². The minimum Gasteiger partial charge on any atom is -0.380 e. The first-order chi connectivity index (χ1) is 15.0. The lowest BCUT2D eigenvalue weighted by Crippen LogP contribution is -2.22. The molecule has 0 fully saturated rings. The number of nitrogens with one attached hydrogen (secondary N) is 2. The SMILES string of the molecule is CN(C)CCNc1c(NC(=O)c2ccncc2)nnc2ccc(-c3cnn(C)c3)cc12. The van der Waals surface area contributed by atoms with Gasteiger partial charge in [0.1, 0.15) is 0 Å². The number of carbonyl (C=O) groups excluding carboxylic acids is 1. The topological polar surface area (TPSA) is 101 Å². The maximum Gasteiger partial charge on any atom is 0.257 e. The summed E-state index contributed by atoms with van der Waals surface area (Å²) in [6.07, 6.45) is 6.94. The first-order valence-electron chi connectivity index (χ1n) is 9.90. The molecule has 9 nitrogen and oxygen atoms in total. The lowest BCUT2D eigenvalue weighted by molar-refractivity contribution is 0.102. The van der Waals surface area contributed by atoms with Crippen molar-refractivity contribution in [1.82, 2.24) is 29.9 Å². The summed E-state index contributed by atoms with van der Waals surface area (Å²) in [5, 5.41) is 20.1. The Bertz CT molecular complexity index is 1200. The van der Waals surface area contributed by atoms with E-state index in [0.29, 0.717) is 17.9 Å². The van der Waals surface area contributed by atoms with Gasteiger partial charge in [-0.2, -0.15) is 5.10 Å². The number of carbonyl (C=O) groups is 1. The number of amides is 1. The molecule has 4 rings (SSSR count). The van der Waals surface area contributed by atoms with Gasteiger partial charge in [-0.25, -0.2) is 0 Å². The van der Waals surface area contributed by atoms with Gasteiger partial charge in [0.25, 0.3) is 5.91 Å². The molecule has 31 heavy (non-hydrogen) atoms. The van der Waals surface area contributed by atoms with E-state index in [4.69, 9.17) is 0 Å². The van der Waals surface area contributed by atoms with E-state index in [1.165, 1.54) is 0 Å². The van der Waals surface area contributed by atoms with Crippen LogP contribution in [0, 0.1) is 0 Å². The summed E-state index contributed by atoms with van der Waals surface area (Å²) < 4.78 is 1.76. The van der Waals surface area contributed by atoms with Gasteiger partial charge in [0.15, 0.2) is 5.82 Å². The second kappa shape index (κ2) is 8.88. The molecular weight excluding hydrogens is 392 g/mol. The highest BCUT2D eigenvalue weighted by molar-refractivity contribution is 6.08. The molecular formula is C22H24N8O. The van der Waals surface area contributed by atoms with E-state index in [1.54, 1.807) is 29.2 Å². The van der Waals surface area contributed by atoms with Crippen molar-refractivity contribution in [3.63, 3.8) is 0 Å². The van der Waals surface area contributed by atoms with Crippen molar-refractivity contribution < 1.29 is 4.79 Å². The molecule has 158 valence electrons. The Kier molecular flexibility index (Phi) is 5.85. The van der Waals surface area contributed by atoms with Crippen LogP contribution in [0.3, 0.4) is 0 Å². The zero-order valence-corrected chi connectivity index (χ0v) is 17.7. The van der Waals surface area contributed by atoms with Gasteiger partial charge in [-0.3, -0.25) is 14.5 Å². The zero-order chi connectivity index (χ0) is 21.8. The first kappa shape index (κ1) is 20.4. The van der Waals surface area contributed by atoms with Crippen LogP contribution in [0.4, 0.5) is 11.5 Å². The number of nitrogens with zero attached hydrogens (tertiary/aromatic N) is 6. The molecule has 0 saturated carbocycles. The van der Waals surface area contributed by atoms with Gasteiger partial charge < -0.3 is 15.5 Å². The summed E-state index contributed by atoms with van der Waals surface area (Å²) in [6, 6.07) is 9.27. The van der Waals surface area contributed by atoms with Gasteiger partial charge in [-0.15, -0.1) is 10.2 Å². The van der Waals surface area contributed by atoms with Gasteiger partial charge in [0.05, 0.1) is 17.4 Å². The van der Waals surface area contributed by atoms with Crippen LogP contribution in [0.25, 0.3) is 22.0 Å². The Morgan fingerprint density at radius 3 is 2.61 bits per heavy atom. The van der Waals surface area contributed by atoms with Crippen LogP contribution in [-0.2, 0) is 7.05 Å². The predicted octanol–water partition coefficient (Wildman–Crippen LogP) is 2.65. The Morgan fingerprint density at radius 1 is 1.10 bits per heavy atom. The third-order valence-corrected chi connectivity index (χ3v) is 4.83. The fourth-order valence-corrected chi connectivity index (χ4v) is 3.21. The largest absolute Gasteiger partial charge is 0.380 e. The van der Waals surface area contributed by atoms with Crippen molar-refractivity contribution in [2.24, 2.45) is 7.05 Å². The maximum absolute atomic E-state index is 12.7. The third-order valence-electron chi connectivity index (χ3n) is 4.83. The molecule has 1 amide bonds. The number of hydrogen-bond donors (Lipinski definition) is 2. The highest BCUT2D eigenvalue weighted by Crippen LogP contribution is 2.32. The van der Waals surface area contributed by atoms with Crippen LogP contribution in [0.15, 0.2) is 55.1 Å². The van der Waals surface area contributed by atoms with Crippen LogP contribution in [0.2, 0.25) is 0 Å². The molecule has 0 unspecified atom stereocenters. The van der Waals surface area contributed by atoms with Crippen LogP contribution in [0.5, 0.6) is 0 Å². The zero-order valence-electron chi connectivity index (χ0n) is 17.7. The Balaban J connectivity index is 1.75. The molecule has 0 bridgehead atoms. The Hall–Kier alpha value is -3.85. The number of benzene rings is 1. The molecule has 9 heteroatoms. The number of likely N-dealkylation sites (N-methyl/N-ethyl adjacent to an activating group) is 1. The van der Waals surface area contributed by atoms with Crippen molar-refractivity contribution >= 4 is 28.3 Å². The standard InChI is InChI=1S/C22H24N8O/c1-29(2)11-10-24-20-18-12-16(17-13-25-30(3)14-17)4-5-19(18)27-28-21(20)26-22(31)15-6-8-23-9-7-15/h4-9,12-14H,10-11H2,1-3H3,(H,24,27)(H,26,28,31). The first-order valence-corrected chi connectivity index (χ1v) is 9.90. The smallest absolute Gasteiger partial charge is 0.257 e. The molecule has 0 aliphatic heterocycles. The summed E-state index contributed by atoms with van der Waals surface area (Å²) >= 11 is 0. The summed E-state index contributed by atoms with van der Waals surface area (Å²) in [7, 11) is 5.91. The third kappa shape index (κ3) is 4.67. The van der Waals surface area contributed by atoms with Crippen molar-refractivity contribution in [3.05, 3.63) is 60.7 Å². The number of anilines is 2. The van der Waals surface area contributed by atoms with E-state index < -0.39 is 0 Å². The number of fused-ring (bicyclic) bond motifs is 1. The number of rotatable bonds is 7. The van der Waals surface area contributed by atoms with Crippen LogP contribution in [-0.4, -0.2) is 63.0 Å². The molecule has 0 saturated heterocycles. The van der Waals surface area contributed by atoms with Crippen LogP contribution >= 0.6 is 0 Å². The average molecular weight is 416 g/mol. The van der Waals surface area contributed by atoms with E-state index in [0.717, 1.165) is 34.3 Å². The molecule has 2 N–H and O–H groups in total. The molecule has 3 heterocycles. The Labute approximate surface area is 180 Å². The van der Waals surface area contributed by atoms with Gasteiger partial charge in [-0.1, -0.05) is 6.07 Å². The lowest BCUT2D eigenvalue weighted by Gasteiger charge is -2.16. The summed E-state index contributed by atoms with van der Waals surface area (Å²) in [6.45, 7) is 1.51. The number of aryl methyl sites for hydroxylation is 1. The van der Waals surface area contributed by atoms with Gasteiger partial charge >= 0.3 is 0 Å². The normalized spacial score (nSPS) is 11.1. The Morgan fingerprint density at radius 2 is 1.90 bits per heavy atom. The summed E-state index contributed by atoms with van der Waals surface area (Å²) in [5.41, 5.74) is 3.99. The van der Waals surface area contributed by atoms with Crippen molar-refractivity contribution in [1.29, 1.82) is 0 Å². The molecule has 0 aliphatic rings. The van der Waals surface area contributed by atoms with Crippen molar-refractivity contribution in [3.8, 4) is 11.1 Å². The van der Waals surface area contributed by atoms with Gasteiger partial charge in [-0.05, 0) is 43.9 Å². The minimum absolute atomic E-state index is 0.268. The molecule has 1 aromatic carbocycles. The molecule has 4 aromatic rings. The number of aromatic nitrogens is 5. The average Bonchev–Trinajstić information content (AvgIpc) is 3.21. The second-order valence-electron chi connectivity index (χ2n) is 7.48. The van der Waals surface area contributed by atoms with E-state index in [1.807, 2.05) is 51.7 Å². The van der Waals surface area contributed by atoms with E-state index in [9.17, 15) is 4.79 Å². The van der Waals surface area contributed by atoms with Crippen molar-refractivity contribution in [2.45, 2.75) is 0 Å². The molecule has 0 radical (unpaired) electrons. The fourth-order valence-electron chi connectivity index (χ4n) is 3.21. The molecule has 3 aromatic heterocycles. The molecule has 0 atom stereocenters. The highest BCUT2D eigenvalue weighted by Gasteiger charge is 2.16. The number of pyridine rings is 1. The number of hydrogen-bond acceptors (Lipinski definition) is 7. The summed E-state index contributed by atoms with van der Waals surface area (Å²) in [4.78, 5) is 18.8. The molecule has 0 aliphatic carbocycles. The monoisotopic (exact) mass is 416 g/mol. The van der Waals surface area contributed by atoms with Gasteiger partial charge in [0, 0.05) is 55.2 Å². The maximum atomic E-state index is 12.7. The quantitative estimate of drug-likeness (QED) is 0.478. The summed E-state index contributed by atoms with van der Waals surface area (Å²) in [5.74, 6) is 0.117. The van der Waals surface area contributed by atoms with E-state index in [-0.39, 0.29) is 5.91 Å².